The summed E-state index contributed by atoms with van der Waals surface area (Å²) in [6, 6.07) is 6.80. The molecule has 0 aromatic heterocycles. The molecule has 0 unspecified atom stereocenters. The van der Waals surface area contributed by atoms with Crippen molar-refractivity contribution in [2.75, 3.05) is 17.2 Å². The van der Waals surface area contributed by atoms with Gasteiger partial charge in [0.05, 0.1) is 11.9 Å². The number of carbonyl (C=O) groups excluding carboxylic acids is 1. The third-order valence-electron chi connectivity index (χ3n) is 2.53. The number of ether oxygens (including phenoxy) is 1. The number of amides is 1. The minimum Gasteiger partial charge on any atom is -0.444 e. The fourth-order valence-corrected chi connectivity index (χ4v) is 2.54. The molecule has 20 heavy (non-hydrogen) atoms. The number of benzene rings is 1. The first kappa shape index (κ1) is 16.2. The summed E-state index contributed by atoms with van der Waals surface area (Å²) >= 11 is 0. The maximum Gasteiger partial charge on any atom is 0.428 e. The SMILES string of the molecule is C=CCOC(=O)N(c1ccc(CCC)cc1)S(C)(=O)=O. The van der Waals surface area contributed by atoms with Gasteiger partial charge in [0.15, 0.2) is 0 Å². The van der Waals surface area contributed by atoms with Crippen molar-refractivity contribution in [3.63, 3.8) is 0 Å². The normalized spacial score (nSPS) is 10.9. The van der Waals surface area contributed by atoms with Crippen molar-refractivity contribution in [2.24, 2.45) is 0 Å². The first-order valence-corrected chi connectivity index (χ1v) is 8.12. The second-order valence-electron chi connectivity index (χ2n) is 4.31. The lowest BCUT2D eigenvalue weighted by molar-refractivity contribution is 0.170. The van der Waals surface area contributed by atoms with E-state index in [1.54, 1.807) is 24.3 Å². The summed E-state index contributed by atoms with van der Waals surface area (Å²) in [7, 11) is -3.75. The summed E-state index contributed by atoms with van der Waals surface area (Å²) < 4.78 is 28.9. The predicted octanol–water partition coefficient (Wildman–Crippen LogP) is 2.73. The second kappa shape index (κ2) is 7.09. The molecule has 5 nitrogen and oxygen atoms in total. The van der Waals surface area contributed by atoms with E-state index in [1.165, 1.54) is 6.08 Å². The van der Waals surface area contributed by atoms with Crippen LogP contribution in [0.4, 0.5) is 10.5 Å². The van der Waals surface area contributed by atoms with Gasteiger partial charge in [0, 0.05) is 0 Å². The zero-order chi connectivity index (χ0) is 15.2. The van der Waals surface area contributed by atoms with Crippen LogP contribution < -0.4 is 4.31 Å². The predicted molar refractivity (Wildman–Crippen MR) is 79.3 cm³/mol. The molecule has 0 saturated heterocycles. The van der Waals surface area contributed by atoms with E-state index in [4.69, 9.17) is 4.74 Å². The van der Waals surface area contributed by atoms with Crippen LogP contribution in [-0.2, 0) is 21.2 Å². The molecule has 1 aromatic carbocycles. The summed E-state index contributed by atoms with van der Waals surface area (Å²) in [5.41, 5.74) is 1.35. The van der Waals surface area contributed by atoms with E-state index in [9.17, 15) is 13.2 Å². The van der Waals surface area contributed by atoms with Crippen LogP contribution in [0, 0.1) is 0 Å². The van der Waals surface area contributed by atoms with Crippen LogP contribution in [0.5, 0.6) is 0 Å². The van der Waals surface area contributed by atoms with Crippen LogP contribution in [0.15, 0.2) is 36.9 Å². The molecule has 1 amide bonds. The minimum absolute atomic E-state index is 0.0429. The van der Waals surface area contributed by atoms with Gasteiger partial charge in [-0.3, -0.25) is 0 Å². The van der Waals surface area contributed by atoms with Crippen molar-refractivity contribution in [1.29, 1.82) is 0 Å². The third-order valence-corrected chi connectivity index (χ3v) is 3.55. The summed E-state index contributed by atoms with van der Waals surface area (Å²) in [4.78, 5) is 11.8. The molecule has 1 aromatic rings. The van der Waals surface area contributed by atoms with Crippen LogP contribution in [0.2, 0.25) is 0 Å². The largest absolute Gasteiger partial charge is 0.444 e. The van der Waals surface area contributed by atoms with Gasteiger partial charge in [-0.25, -0.2) is 13.2 Å². The zero-order valence-electron chi connectivity index (χ0n) is 11.7. The number of anilines is 1. The van der Waals surface area contributed by atoms with E-state index in [0.29, 0.717) is 4.31 Å². The highest BCUT2D eigenvalue weighted by Crippen LogP contribution is 2.20. The molecule has 1 rings (SSSR count). The Morgan fingerprint density at radius 2 is 1.95 bits per heavy atom. The van der Waals surface area contributed by atoms with Crippen LogP contribution in [0.1, 0.15) is 18.9 Å². The van der Waals surface area contributed by atoms with Gasteiger partial charge in [-0.2, -0.15) is 4.31 Å². The summed E-state index contributed by atoms with van der Waals surface area (Å²) in [5, 5.41) is 0. The summed E-state index contributed by atoms with van der Waals surface area (Å²) in [6.45, 7) is 5.43. The number of nitrogens with zero attached hydrogens (tertiary/aromatic N) is 1. The number of hydrogen-bond donors (Lipinski definition) is 0. The first-order chi connectivity index (χ1) is 9.40. The standard InChI is InChI=1S/C14H19NO4S/c1-4-6-12-7-9-13(10-8-12)15(20(3,17)18)14(16)19-11-5-2/h5,7-10H,2,4,6,11H2,1,3H3. The molecule has 0 saturated carbocycles. The highest BCUT2D eigenvalue weighted by atomic mass is 32.2. The molecular weight excluding hydrogens is 278 g/mol. The highest BCUT2D eigenvalue weighted by molar-refractivity contribution is 7.92. The molecule has 0 radical (unpaired) electrons. The number of aryl methyl sites for hydroxylation is 1. The van der Waals surface area contributed by atoms with Gasteiger partial charge in [-0.1, -0.05) is 38.1 Å². The Labute approximate surface area is 119 Å². The molecular formula is C14H19NO4S. The van der Waals surface area contributed by atoms with Crippen LogP contribution in [0.25, 0.3) is 0 Å². The molecule has 0 aliphatic rings. The van der Waals surface area contributed by atoms with E-state index in [2.05, 4.69) is 13.5 Å². The fourth-order valence-electron chi connectivity index (χ4n) is 1.71. The van der Waals surface area contributed by atoms with Gasteiger partial charge in [-0.15, -0.1) is 0 Å². The minimum atomic E-state index is -3.75. The smallest absolute Gasteiger partial charge is 0.428 e. The van der Waals surface area contributed by atoms with Crippen molar-refractivity contribution >= 4 is 21.8 Å². The Kier molecular flexibility index (Phi) is 5.76. The summed E-state index contributed by atoms with van der Waals surface area (Å²) in [6.07, 6.45) is 3.30. The summed E-state index contributed by atoms with van der Waals surface area (Å²) in [5.74, 6) is 0. The molecule has 0 heterocycles. The van der Waals surface area contributed by atoms with Gasteiger partial charge >= 0.3 is 6.09 Å². The molecule has 110 valence electrons. The van der Waals surface area contributed by atoms with E-state index in [-0.39, 0.29) is 12.3 Å². The number of hydrogen-bond acceptors (Lipinski definition) is 4. The lowest BCUT2D eigenvalue weighted by atomic mass is 10.1. The molecule has 0 aliphatic carbocycles. The Morgan fingerprint density at radius 3 is 2.40 bits per heavy atom. The van der Waals surface area contributed by atoms with E-state index in [1.807, 2.05) is 0 Å². The Balaban J connectivity index is 3.05. The molecule has 6 heteroatoms. The van der Waals surface area contributed by atoms with Gasteiger partial charge in [0.25, 0.3) is 0 Å². The Morgan fingerprint density at radius 1 is 1.35 bits per heavy atom. The average Bonchev–Trinajstić information content (AvgIpc) is 2.37. The van der Waals surface area contributed by atoms with Crippen molar-refractivity contribution in [2.45, 2.75) is 19.8 Å². The molecule has 0 aliphatic heterocycles. The van der Waals surface area contributed by atoms with Crippen LogP contribution in [-0.4, -0.2) is 27.4 Å². The van der Waals surface area contributed by atoms with E-state index in [0.717, 1.165) is 24.7 Å². The maximum atomic E-state index is 11.8. The van der Waals surface area contributed by atoms with Gasteiger partial charge in [-0.05, 0) is 24.1 Å². The Bertz CT molecular complexity index is 563. The van der Waals surface area contributed by atoms with Gasteiger partial charge in [0.1, 0.15) is 6.61 Å². The highest BCUT2D eigenvalue weighted by Gasteiger charge is 2.26. The number of carbonyl (C=O) groups is 1. The quantitative estimate of drug-likeness (QED) is 0.757. The van der Waals surface area contributed by atoms with Crippen LogP contribution in [0.3, 0.4) is 0 Å². The molecule has 0 fully saturated rings. The van der Waals surface area contributed by atoms with Crippen molar-refractivity contribution in [3.05, 3.63) is 42.5 Å². The van der Waals surface area contributed by atoms with Crippen molar-refractivity contribution in [3.8, 4) is 0 Å². The maximum absolute atomic E-state index is 11.8. The lowest BCUT2D eigenvalue weighted by Gasteiger charge is -2.19. The number of rotatable bonds is 6. The molecule has 0 bridgehead atoms. The van der Waals surface area contributed by atoms with Crippen molar-refractivity contribution < 1.29 is 17.9 Å². The topological polar surface area (TPSA) is 63.7 Å². The number of sulfonamides is 1. The second-order valence-corrected chi connectivity index (χ2v) is 6.14. The third kappa shape index (κ3) is 4.38. The lowest BCUT2D eigenvalue weighted by Crippen LogP contribution is -2.36. The Hall–Kier alpha value is -1.82. The fraction of sp³-hybridized carbons (Fsp3) is 0.357. The average molecular weight is 297 g/mol. The monoisotopic (exact) mass is 297 g/mol. The van der Waals surface area contributed by atoms with Gasteiger partial charge in [0.2, 0.25) is 10.0 Å². The molecule has 0 spiro atoms. The van der Waals surface area contributed by atoms with Crippen molar-refractivity contribution in [1.82, 2.24) is 0 Å². The molecule has 0 atom stereocenters. The van der Waals surface area contributed by atoms with E-state index >= 15 is 0 Å². The zero-order valence-corrected chi connectivity index (χ0v) is 12.5. The van der Waals surface area contributed by atoms with Crippen LogP contribution >= 0.6 is 0 Å². The molecule has 0 N–H and O–H groups in total. The van der Waals surface area contributed by atoms with Gasteiger partial charge < -0.3 is 4.74 Å². The van der Waals surface area contributed by atoms with E-state index < -0.39 is 16.1 Å². The first-order valence-electron chi connectivity index (χ1n) is 6.27.